The molecule has 0 saturated heterocycles. The molecule has 1 rings (SSSR count). The summed E-state index contributed by atoms with van der Waals surface area (Å²) in [6.07, 6.45) is 9.29. The van der Waals surface area contributed by atoms with Gasteiger partial charge in [0, 0.05) is 6.92 Å². The molecule has 0 amide bonds. The van der Waals surface area contributed by atoms with Crippen molar-refractivity contribution in [3.05, 3.63) is 29.8 Å². The maximum absolute atomic E-state index is 12.1. The third kappa shape index (κ3) is 19.3. The monoisotopic (exact) mass is 546 g/mol. The molecular formula is C27H49NO8P+. The predicted molar refractivity (Wildman–Crippen MR) is 144 cm³/mol. The number of unbranched alkanes of at least 4 members (excludes halogenated alkanes) is 7. The number of ether oxygens (including phenoxy) is 3. The van der Waals surface area contributed by atoms with Crippen LogP contribution in [0.1, 0.15) is 70.8 Å². The Balaban J connectivity index is 2.31. The van der Waals surface area contributed by atoms with Gasteiger partial charge in [0.15, 0.2) is 0 Å². The normalized spacial score (nSPS) is 14.2. The number of quaternary nitrogens is 1. The van der Waals surface area contributed by atoms with Gasteiger partial charge in [0.2, 0.25) is 0 Å². The first-order chi connectivity index (χ1) is 17.5. The molecule has 1 aromatic rings. The summed E-state index contributed by atoms with van der Waals surface area (Å²) in [6, 6.07) is 7.66. The highest BCUT2D eigenvalue weighted by Crippen LogP contribution is 2.43. The van der Waals surface area contributed by atoms with Gasteiger partial charge in [-0.05, 0) is 24.1 Å². The summed E-state index contributed by atoms with van der Waals surface area (Å²) < 4.78 is 39.3. The Bertz CT molecular complexity index is 782. The predicted octanol–water partition coefficient (Wildman–Crippen LogP) is 5.49. The molecule has 0 radical (unpaired) electrons. The summed E-state index contributed by atoms with van der Waals surface area (Å²) in [5.41, 5.74) is 0.929. The van der Waals surface area contributed by atoms with Crippen LogP contribution < -0.4 is 4.74 Å². The molecule has 0 saturated carbocycles. The van der Waals surface area contributed by atoms with Crippen LogP contribution in [0.3, 0.4) is 0 Å². The molecule has 1 aromatic carbocycles. The van der Waals surface area contributed by atoms with Crippen molar-refractivity contribution < 1.29 is 42.0 Å². The van der Waals surface area contributed by atoms with E-state index in [1.807, 2.05) is 45.4 Å². The van der Waals surface area contributed by atoms with E-state index in [1.54, 1.807) is 0 Å². The van der Waals surface area contributed by atoms with Gasteiger partial charge in [0.05, 0.1) is 47.6 Å². The Morgan fingerprint density at radius 3 is 2.14 bits per heavy atom. The average molecular weight is 547 g/mol. The SMILES string of the molecule is CCCCCCCCCCOc1ccc(COCC(COP(=O)(O)OCC[N+](C)(C)C)OC(C)=O)cc1. The smallest absolute Gasteiger partial charge is 0.472 e. The van der Waals surface area contributed by atoms with E-state index in [2.05, 4.69) is 6.92 Å². The fraction of sp³-hybridized carbons (Fsp3) is 0.741. The molecule has 0 aliphatic heterocycles. The number of phosphoric ester groups is 1. The van der Waals surface area contributed by atoms with Crippen LogP contribution in [-0.4, -0.2) is 75.6 Å². The second-order valence-corrected chi connectivity index (χ2v) is 11.8. The van der Waals surface area contributed by atoms with Gasteiger partial charge in [-0.15, -0.1) is 0 Å². The van der Waals surface area contributed by atoms with E-state index in [0.717, 1.165) is 17.7 Å². The summed E-state index contributed by atoms with van der Waals surface area (Å²) in [6.45, 7) is 4.78. The number of carbonyl (C=O) groups excluding carboxylic acids is 1. The summed E-state index contributed by atoms with van der Waals surface area (Å²) in [5, 5.41) is 0. The first-order valence-electron chi connectivity index (χ1n) is 13.4. The van der Waals surface area contributed by atoms with Crippen LogP contribution in [0.5, 0.6) is 5.75 Å². The van der Waals surface area contributed by atoms with E-state index < -0.39 is 19.9 Å². The van der Waals surface area contributed by atoms with Crippen LogP contribution in [0.2, 0.25) is 0 Å². The van der Waals surface area contributed by atoms with Crippen LogP contribution in [-0.2, 0) is 34.5 Å². The first kappa shape index (κ1) is 33.5. The Morgan fingerprint density at radius 2 is 1.54 bits per heavy atom. The summed E-state index contributed by atoms with van der Waals surface area (Å²) in [4.78, 5) is 21.3. The lowest BCUT2D eigenvalue weighted by Crippen LogP contribution is -2.37. The number of rotatable bonds is 22. The minimum Gasteiger partial charge on any atom is -0.494 e. The van der Waals surface area contributed by atoms with E-state index in [-0.39, 0.29) is 26.4 Å². The van der Waals surface area contributed by atoms with E-state index in [4.69, 9.17) is 23.3 Å². The third-order valence-electron chi connectivity index (χ3n) is 5.54. The quantitative estimate of drug-likeness (QED) is 0.0882. The van der Waals surface area contributed by atoms with Crippen LogP contribution in [0, 0.1) is 0 Å². The molecule has 0 aromatic heterocycles. The molecule has 0 heterocycles. The summed E-state index contributed by atoms with van der Waals surface area (Å²) in [5.74, 6) is 0.288. The van der Waals surface area contributed by atoms with Crippen molar-refractivity contribution in [1.29, 1.82) is 0 Å². The fourth-order valence-corrected chi connectivity index (χ4v) is 4.15. The largest absolute Gasteiger partial charge is 0.494 e. The van der Waals surface area contributed by atoms with Crippen molar-refractivity contribution in [3.63, 3.8) is 0 Å². The number of likely N-dealkylation sites (N-methyl/N-ethyl adjacent to an activating group) is 1. The Hall–Kier alpha value is -1.48. The molecule has 0 spiro atoms. The topological polar surface area (TPSA) is 101 Å². The maximum atomic E-state index is 12.1. The van der Waals surface area contributed by atoms with E-state index in [0.29, 0.717) is 17.6 Å². The van der Waals surface area contributed by atoms with E-state index in [1.165, 1.54) is 51.9 Å². The van der Waals surface area contributed by atoms with E-state index in [9.17, 15) is 14.3 Å². The summed E-state index contributed by atoms with van der Waals surface area (Å²) >= 11 is 0. The second-order valence-electron chi connectivity index (χ2n) is 10.3. The standard InChI is InChI=1S/C27H48NO8P/c1-6-7-8-9-10-11-12-13-19-33-26-16-14-25(15-17-26)21-32-22-27(36-24(2)29)23-35-37(30,31)34-20-18-28(3,4)5/h14-17,27H,6-13,18-23H2,1-5H3/p+1. The van der Waals surface area contributed by atoms with Crippen molar-refractivity contribution in [2.75, 3.05) is 54.1 Å². The van der Waals surface area contributed by atoms with Gasteiger partial charge in [-0.2, -0.15) is 0 Å². The van der Waals surface area contributed by atoms with Crippen LogP contribution in [0.15, 0.2) is 24.3 Å². The molecule has 0 aliphatic rings. The highest BCUT2D eigenvalue weighted by atomic mass is 31.2. The number of esters is 1. The Kier molecular flexibility index (Phi) is 17.0. The number of nitrogens with zero attached hydrogens (tertiary/aromatic N) is 1. The van der Waals surface area contributed by atoms with Gasteiger partial charge < -0.3 is 23.6 Å². The van der Waals surface area contributed by atoms with Gasteiger partial charge in [0.25, 0.3) is 0 Å². The van der Waals surface area contributed by atoms with Crippen LogP contribution >= 0.6 is 7.82 Å². The lowest BCUT2D eigenvalue weighted by Gasteiger charge is -2.24. The number of hydrogen-bond donors (Lipinski definition) is 1. The molecule has 2 atom stereocenters. The van der Waals surface area contributed by atoms with Gasteiger partial charge >= 0.3 is 13.8 Å². The molecule has 0 bridgehead atoms. The van der Waals surface area contributed by atoms with Crippen LogP contribution in [0.4, 0.5) is 0 Å². The average Bonchev–Trinajstić information content (AvgIpc) is 2.81. The second kappa shape index (κ2) is 18.7. The van der Waals surface area contributed by atoms with Crippen LogP contribution in [0.25, 0.3) is 0 Å². The number of phosphoric acid groups is 1. The van der Waals surface area contributed by atoms with Gasteiger partial charge in [-0.25, -0.2) is 4.57 Å². The molecule has 214 valence electrons. The van der Waals surface area contributed by atoms with Gasteiger partial charge in [-0.1, -0.05) is 64.0 Å². The molecule has 1 N–H and O–H groups in total. The van der Waals surface area contributed by atoms with Crippen molar-refractivity contribution >= 4 is 13.8 Å². The van der Waals surface area contributed by atoms with Crippen molar-refractivity contribution in [2.45, 2.75) is 77.9 Å². The lowest BCUT2D eigenvalue weighted by molar-refractivity contribution is -0.870. The molecule has 37 heavy (non-hydrogen) atoms. The minimum atomic E-state index is -4.26. The maximum Gasteiger partial charge on any atom is 0.472 e. The molecule has 0 aliphatic carbocycles. The van der Waals surface area contributed by atoms with Gasteiger partial charge in [0.1, 0.15) is 25.0 Å². The zero-order chi connectivity index (χ0) is 27.6. The molecule has 9 nitrogen and oxygen atoms in total. The third-order valence-corrected chi connectivity index (χ3v) is 6.52. The summed E-state index contributed by atoms with van der Waals surface area (Å²) in [7, 11) is 1.57. The van der Waals surface area contributed by atoms with Crippen molar-refractivity contribution in [2.24, 2.45) is 0 Å². The Morgan fingerprint density at radius 1 is 0.919 bits per heavy atom. The Labute approximate surface area is 223 Å². The highest BCUT2D eigenvalue weighted by Gasteiger charge is 2.25. The molecular weight excluding hydrogens is 497 g/mol. The van der Waals surface area contributed by atoms with Crippen molar-refractivity contribution in [1.82, 2.24) is 0 Å². The number of carbonyl (C=O) groups is 1. The van der Waals surface area contributed by atoms with E-state index >= 15 is 0 Å². The number of hydrogen-bond acceptors (Lipinski definition) is 7. The number of benzene rings is 1. The molecule has 0 fully saturated rings. The zero-order valence-electron chi connectivity index (χ0n) is 23.5. The molecule has 2 unspecified atom stereocenters. The molecule has 10 heteroatoms. The zero-order valence-corrected chi connectivity index (χ0v) is 24.4. The minimum absolute atomic E-state index is 0.00908. The van der Waals surface area contributed by atoms with Crippen molar-refractivity contribution in [3.8, 4) is 5.75 Å². The lowest BCUT2D eigenvalue weighted by atomic mass is 10.1. The fourth-order valence-electron chi connectivity index (χ4n) is 3.41. The highest BCUT2D eigenvalue weighted by molar-refractivity contribution is 7.47. The first-order valence-corrected chi connectivity index (χ1v) is 14.9. The van der Waals surface area contributed by atoms with Gasteiger partial charge in [-0.3, -0.25) is 13.8 Å².